The molecule has 0 radical (unpaired) electrons. The van der Waals surface area contributed by atoms with Crippen molar-refractivity contribution >= 4 is 23.5 Å². The first-order valence-corrected chi connectivity index (χ1v) is 7.95. The first-order valence-electron chi connectivity index (χ1n) is 7.95. The molecule has 2 aliphatic heterocycles. The van der Waals surface area contributed by atoms with Gasteiger partial charge in [0, 0.05) is 25.2 Å². The van der Waals surface area contributed by atoms with E-state index in [1.54, 1.807) is 6.92 Å². The first-order chi connectivity index (χ1) is 11.3. The molecule has 1 fully saturated rings. The molecule has 0 aromatic heterocycles. The summed E-state index contributed by atoms with van der Waals surface area (Å²) in [7, 11) is 0. The van der Waals surface area contributed by atoms with Crippen LogP contribution in [0.1, 0.15) is 42.1 Å². The lowest BCUT2D eigenvalue weighted by Crippen LogP contribution is -2.48. The minimum atomic E-state index is -1.01. The predicted octanol–water partition coefficient (Wildman–Crippen LogP) is 2.04. The van der Waals surface area contributed by atoms with Crippen molar-refractivity contribution in [2.45, 2.75) is 32.6 Å². The van der Waals surface area contributed by atoms with Gasteiger partial charge in [-0.2, -0.15) is 0 Å². The Kier molecular flexibility index (Phi) is 4.03. The summed E-state index contributed by atoms with van der Waals surface area (Å²) in [5.74, 6) is -2.33. The summed E-state index contributed by atoms with van der Waals surface area (Å²) in [4.78, 5) is 36.9. The van der Waals surface area contributed by atoms with Gasteiger partial charge in [-0.15, -0.1) is 0 Å². The normalized spacial score (nSPS) is 23.4. The van der Waals surface area contributed by atoms with Crippen LogP contribution in [0.4, 0.5) is 10.1 Å². The lowest BCUT2D eigenvalue weighted by atomic mass is 9.82. The fourth-order valence-corrected chi connectivity index (χ4v) is 3.32. The highest BCUT2D eigenvalue weighted by Gasteiger charge is 2.40. The fraction of sp³-hybridized carbons (Fsp3) is 0.471. The van der Waals surface area contributed by atoms with Crippen LogP contribution < -0.4 is 5.32 Å². The summed E-state index contributed by atoms with van der Waals surface area (Å²) >= 11 is 0. The average Bonchev–Trinajstić information content (AvgIpc) is 2.53. The number of piperidine rings is 1. The van der Waals surface area contributed by atoms with Crippen LogP contribution in [0.5, 0.6) is 0 Å². The molecule has 6 nitrogen and oxygen atoms in total. The van der Waals surface area contributed by atoms with Gasteiger partial charge in [-0.3, -0.25) is 14.4 Å². The van der Waals surface area contributed by atoms with Crippen molar-refractivity contribution in [2.24, 2.45) is 5.41 Å². The number of hydrogen-bond donors (Lipinski definition) is 2. The van der Waals surface area contributed by atoms with E-state index in [0.29, 0.717) is 37.9 Å². The molecule has 1 unspecified atom stereocenters. The Hall–Kier alpha value is -2.44. The third-order valence-corrected chi connectivity index (χ3v) is 4.82. The number of amides is 2. The smallest absolute Gasteiger partial charge is 0.311 e. The number of nitrogens with zero attached hydrogens (tertiary/aromatic N) is 1. The standard InChI is InChI=1S/C17H19FN2O4/c1-17(16(23)24)5-2-6-20(9-17)15(22)11-7-10-3-4-14(21)19-13(10)8-12(11)18/h7-8H,2-6,9H2,1H3,(H,19,21)(H,23,24). The number of carbonyl (C=O) groups is 3. The van der Waals surface area contributed by atoms with E-state index in [2.05, 4.69) is 5.32 Å². The SMILES string of the molecule is CC1(C(=O)O)CCCN(C(=O)c2cc3c(cc2F)NC(=O)CC3)C1. The number of benzene rings is 1. The number of nitrogens with one attached hydrogen (secondary N) is 1. The molecule has 3 rings (SSSR count). The molecule has 0 spiro atoms. The largest absolute Gasteiger partial charge is 0.481 e. The van der Waals surface area contributed by atoms with Crippen molar-refractivity contribution in [3.05, 3.63) is 29.1 Å². The molecule has 0 bridgehead atoms. The van der Waals surface area contributed by atoms with Gasteiger partial charge in [-0.1, -0.05) is 0 Å². The molecule has 128 valence electrons. The second-order valence-electron chi connectivity index (χ2n) is 6.73. The Labute approximate surface area is 138 Å². The molecule has 2 heterocycles. The predicted molar refractivity (Wildman–Crippen MR) is 84.2 cm³/mol. The number of carboxylic acids is 1. The van der Waals surface area contributed by atoms with Crippen molar-refractivity contribution in [3.63, 3.8) is 0 Å². The van der Waals surface area contributed by atoms with Crippen molar-refractivity contribution < 1.29 is 23.9 Å². The number of fused-ring (bicyclic) bond motifs is 1. The van der Waals surface area contributed by atoms with Gasteiger partial charge >= 0.3 is 5.97 Å². The van der Waals surface area contributed by atoms with Crippen molar-refractivity contribution in [3.8, 4) is 0 Å². The molecule has 2 amide bonds. The van der Waals surface area contributed by atoms with E-state index in [-0.39, 0.29) is 18.0 Å². The highest BCUT2D eigenvalue weighted by Crippen LogP contribution is 2.32. The molecule has 2 N–H and O–H groups in total. The average molecular weight is 334 g/mol. The molecule has 24 heavy (non-hydrogen) atoms. The molecule has 2 aliphatic rings. The third kappa shape index (κ3) is 2.86. The van der Waals surface area contributed by atoms with Gasteiger partial charge in [0.2, 0.25) is 5.91 Å². The van der Waals surface area contributed by atoms with E-state index in [1.807, 2.05) is 0 Å². The van der Waals surface area contributed by atoms with Crippen LogP contribution >= 0.6 is 0 Å². The van der Waals surface area contributed by atoms with Gasteiger partial charge in [0.1, 0.15) is 5.82 Å². The minimum Gasteiger partial charge on any atom is -0.481 e. The van der Waals surface area contributed by atoms with Gasteiger partial charge in [0.05, 0.1) is 11.0 Å². The first kappa shape index (κ1) is 16.4. The number of aliphatic carboxylic acids is 1. The van der Waals surface area contributed by atoms with Crippen LogP contribution in [0.25, 0.3) is 0 Å². The zero-order chi connectivity index (χ0) is 17.5. The molecule has 1 aromatic rings. The Morgan fingerprint density at radius 1 is 1.33 bits per heavy atom. The highest BCUT2D eigenvalue weighted by molar-refractivity contribution is 5.98. The Morgan fingerprint density at radius 3 is 2.79 bits per heavy atom. The number of anilines is 1. The summed E-state index contributed by atoms with van der Waals surface area (Å²) in [5.41, 5.74) is 0.0400. The topological polar surface area (TPSA) is 86.7 Å². The summed E-state index contributed by atoms with van der Waals surface area (Å²) in [5, 5.41) is 11.9. The molecule has 1 atom stereocenters. The van der Waals surface area contributed by atoms with E-state index in [9.17, 15) is 23.9 Å². The van der Waals surface area contributed by atoms with Crippen LogP contribution in [-0.2, 0) is 16.0 Å². The van der Waals surface area contributed by atoms with Crippen molar-refractivity contribution in [1.82, 2.24) is 4.90 Å². The number of hydrogen-bond acceptors (Lipinski definition) is 3. The number of rotatable bonds is 2. The molecular formula is C17H19FN2O4. The molecule has 1 aromatic carbocycles. The van der Waals surface area contributed by atoms with Gasteiger partial charge in [0.25, 0.3) is 5.91 Å². The summed E-state index contributed by atoms with van der Waals surface area (Å²) in [6.07, 6.45) is 1.81. The fourth-order valence-electron chi connectivity index (χ4n) is 3.32. The van der Waals surface area contributed by atoms with Crippen LogP contribution in [0.2, 0.25) is 0 Å². The number of likely N-dealkylation sites (tertiary alicyclic amines) is 1. The van der Waals surface area contributed by atoms with E-state index >= 15 is 0 Å². The maximum Gasteiger partial charge on any atom is 0.311 e. The van der Waals surface area contributed by atoms with Crippen molar-refractivity contribution in [1.29, 1.82) is 0 Å². The number of carbonyl (C=O) groups excluding carboxylic acids is 2. The summed E-state index contributed by atoms with van der Waals surface area (Å²) in [6, 6.07) is 2.64. The van der Waals surface area contributed by atoms with Crippen molar-refractivity contribution in [2.75, 3.05) is 18.4 Å². The molecular weight excluding hydrogens is 315 g/mol. The van der Waals surface area contributed by atoms with E-state index in [4.69, 9.17) is 0 Å². The van der Waals surface area contributed by atoms with Gasteiger partial charge in [0.15, 0.2) is 0 Å². The van der Waals surface area contributed by atoms with Gasteiger partial charge < -0.3 is 15.3 Å². The zero-order valence-electron chi connectivity index (χ0n) is 13.4. The van der Waals surface area contributed by atoms with Crippen LogP contribution in [0, 0.1) is 11.2 Å². The molecule has 0 saturated carbocycles. The number of aryl methyl sites for hydroxylation is 1. The lowest BCUT2D eigenvalue weighted by molar-refractivity contribution is -0.150. The highest BCUT2D eigenvalue weighted by atomic mass is 19.1. The Morgan fingerprint density at radius 2 is 2.08 bits per heavy atom. The second kappa shape index (κ2) is 5.89. The Balaban J connectivity index is 1.87. The summed E-state index contributed by atoms with van der Waals surface area (Å²) in [6.45, 7) is 2.08. The van der Waals surface area contributed by atoms with Crippen LogP contribution in [-0.4, -0.2) is 40.9 Å². The molecule has 7 heteroatoms. The maximum atomic E-state index is 14.3. The number of carboxylic acid groups (broad SMARTS) is 1. The van der Waals surface area contributed by atoms with E-state index in [1.165, 1.54) is 17.0 Å². The molecule has 0 aliphatic carbocycles. The van der Waals surface area contributed by atoms with Gasteiger partial charge in [-0.25, -0.2) is 4.39 Å². The van der Waals surface area contributed by atoms with Crippen LogP contribution in [0.15, 0.2) is 12.1 Å². The summed E-state index contributed by atoms with van der Waals surface area (Å²) < 4.78 is 14.3. The van der Waals surface area contributed by atoms with E-state index < -0.39 is 23.1 Å². The lowest BCUT2D eigenvalue weighted by Gasteiger charge is -2.37. The Bertz CT molecular complexity index is 734. The van der Waals surface area contributed by atoms with Gasteiger partial charge in [-0.05, 0) is 43.9 Å². The maximum absolute atomic E-state index is 14.3. The second-order valence-corrected chi connectivity index (χ2v) is 6.73. The minimum absolute atomic E-state index is 0.0639. The number of halogens is 1. The molecule has 1 saturated heterocycles. The zero-order valence-corrected chi connectivity index (χ0v) is 13.4. The van der Waals surface area contributed by atoms with E-state index in [0.717, 1.165) is 5.56 Å². The quantitative estimate of drug-likeness (QED) is 0.866. The third-order valence-electron chi connectivity index (χ3n) is 4.82. The monoisotopic (exact) mass is 334 g/mol. The van der Waals surface area contributed by atoms with Crippen LogP contribution in [0.3, 0.4) is 0 Å².